The third kappa shape index (κ3) is 5.71. The third-order valence-corrected chi connectivity index (χ3v) is 1.14. The summed E-state index contributed by atoms with van der Waals surface area (Å²) in [5, 5.41) is 0. The minimum absolute atomic E-state index is 0.826. The van der Waals surface area contributed by atoms with Crippen LogP contribution in [0.2, 0.25) is 0 Å². The molecule has 0 amide bonds. The molecule has 0 nitrogen and oxygen atoms in total. The van der Waals surface area contributed by atoms with Gasteiger partial charge in [-0.15, -0.1) is 0 Å². The summed E-state index contributed by atoms with van der Waals surface area (Å²) in [4.78, 5) is 0. The molecule has 1 aliphatic carbocycles. The molecule has 1 rings (SSSR count). The van der Waals surface area contributed by atoms with E-state index in [1.165, 1.54) is 5.57 Å². The summed E-state index contributed by atoms with van der Waals surface area (Å²) in [5.74, 6) is 0. The van der Waals surface area contributed by atoms with Gasteiger partial charge in [-0.1, -0.05) is 30.7 Å². The van der Waals surface area contributed by atoms with Gasteiger partial charge >= 0.3 is 37.9 Å². The normalized spacial score (nSPS) is 13.7. The zero-order chi connectivity index (χ0) is 7.82. The van der Waals surface area contributed by atoms with Gasteiger partial charge in [-0.2, -0.15) is 0 Å². The van der Waals surface area contributed by atoms with Crippen LogP contribution < -0.4 is 0 Å². The van der Waals surface area contributed by atoms with Gasteiger partial charge in [-0.25, -0.2) is 0 Å². The molecule has 0 spiro atoms. The second kappa shape index (κ2) is 8.04. The maximum absolute atomic E-state index is 4.93. The van der Waals surface area contributed by atoms with Crippen LogP contribution in [-0.2, 0) is 20.8 Å². The first kappa shape index (κ1) is 10.9. The van der Waals surface area contributed by atoms with Gasteiger partial charge in [0.1, 0.15) is 0 Å². The van der Waals surface area contributed by atoms with Gasteiger partial charge in [-0.05, 0) is 6.42 Å². The molecule has 0 aromatic carbocycles. The first-order chi connectivity index (χ1) is 4.85. The van der Waals surface area contributed by atoms with Crippen molar-refractivity contribution in [3.63, 3.8) is 0 Å². The number of rotatable bonds is 1. The molecule has 1 aliphatic rings. The molecule has 3 heteroatoms. The molecular weight excluding hydrogens is 246 g/mol. The van der Waals surface area contributed by atoms with Crippen molar-refractivity contribution in [3.05, 3.63) is 30.2 Å². The summed E-state index contributed by atoms with van der Waals surface area (Å²) in [5.41, 5.74) is 1.43. The Kier molecular flexibility index (Phi) is 8.80. The summed E-state index contributed by atoms with van der Waals surface area (Å²) in [6, 6.07) is 0. The van der Waals surface area contributed by atoms with Gasteiger partial charge in [0.2, 0.25) is 0 Å². The molecule has 0 unspecified atom stereocenters. The second-order valence-electron chi connectivity index (χ2n) is 1.72. The Morgan fingerprint density at radius 3 is 2.20 bits per heavy atom. The summed E-state index contributed by atoms with van der Waals surface area (Å²) >= 11 is -0.826. The summed E-state index contributed by atoms with van der Waals surface area (Å²) in [6.45, 7) is 2.16. The van der Waals surface area contributed by atoms with Gasteiger partial charge in [-0.3, -0.25) is 0 Å². The van der Waals surface area contributed by atoms with Crippen molar-refractivity contribution in [3.8, 4) is 0 Å². The molecule has 0 saturated carbocycles. The Hall–Kier alpha value is 0.943. The van der Waals surface area contributed by atoms with Crippen LogP contribution in [-0.4, -0.2) is 0 Å². The van der Waals surface area contributed by atoms with E-state index in [1.54, 1.807) is 0 Å². The molecular formula is C7H9Cl2Zr. The van der Waals surface area contributed by atoms with E-state index in [9.17, 15) is 0 Å². The van der Waals surface area contributed by atoms with E-state index in [2.05, 4.69) is 31.6 Å². The third-order valence-electron chi connectivity index (χ3n) is 1.14. The van der Waals surface area contributed by atoms with Crippen molar-refractivity contribution in [2.75, 3.05) is 0 Å². The average Bonchev–Trinajstić information content (AvgIpc) is 2.39. The fourth-order valence-electron chi connectivity index (χ4n) is 0.650. The topological polar surface area (TPSA) is 0 Å². The van der Waals surface area contributed by atoms with E-state index in [0.29, 0.717) is 0 Å². The fraction of sp³-hybridized carbons (Fsp3) is 0.286. The SMILES string of the molecule is CCC1=CC=C[CH]1.[Cl][Zr][Cl]. The van der Waals surface area contributed by atoms with Crippen molar-refractivity contribution in [1.82, 2.24) is 0 Å². The Morgan fingerprint density at radius 2 is 2.00 bits per heavy atom. The Balaban J connectivity index is 0.000000236. The molecule has 0 aromatic rings. The van der Waals surface area contributed by atoms with E-state index >= 15 is 0 Å². The van der Waals surface area contributed by atoms with Crippen molar-refractivity contribution in [1.29, 1.82) is 0 Å². The predicted molar refractivity (Wildman–Crippen MR) is 43.5 cm³/mol. The fourth-order valence-corrected chi connectivity index (χ4v) is 0.650. The summed E-state index contributed by atoms with van der Waals surface area (Å²) in [7, 11) is 9.87. The van der Waals surface area contributed by atoms with Gasteiger partial charge in [0.15, 0.2) is 0 Å². The zero-order valence-electron chi connectivity index (χ0n) is 5.77. The van der Waals surface area contributed by atoms with Crippen LogP contribution in [0, 0.1) is 6.42 Å². The van der Waals surface area contributed by atoms with Crippen LogP contribution in [0.4, 0.5) is 0 Å². The van der Waals surface area contributed by atoms with E-state index in [0.717, 1.165) is 6.42 Å². The number of hydrogen-bond donors (Lipinski definition) is 0. The molecule has 0 fully saturated rings. The summed E-state index contributed by atoms with van der Waals surface area (Å²) < 4.78 is 0. The Labute approximate surface area is 81.0 Å². The molecule has 0 aliphatic heterocycles. The molecule has 0 heterocycles. The molecule has 0 saturated heterocycles. The molecule has 55 valence electrons. The van der Waals surface area contributed by atoms with Gasteiger partial charge in [0.25, 0.3) is 0 Å². The first-order valence-electron chi connectivity index (χ1n) is 3.02. The van der Waals surface area contributed by atoms with Crippen LogP contribution in [0.3, 0.4) is 0 Å². The van der Waals surface area contributed by atoms with Gasteiger partial charge in [0, 0.05) is 6.42 Å². The van der Waals surface area contributed by atoms with E-state index in [4.69, 9.17) is 17.0 Å². The number of allylic oxidation sites excluding steroid dienone is 4. The Morgan fingerprint density at radius 1 is 1.40 bits per heavy atom. The van der Waals surface area contributed by atoms with Crippen LogP contribution in [0.5, 0.6) is 0 Å². The van der Waals surface area contributed by atoms with Crippen LogP contribution >= 0.6 is 17.0 Å². The number of halogens is 2. The monoisotopic (exact) mass is 253 g/mol. The van der Waals surface area contributed by atoms with Crippen LogP contribution in [0.1, 0.15) is 13.3 Å². The minimum atomic E-state index is -0.826. The molecule has 10 heavy (non-hydrogen) atoms. The van der Waals surface area contributed by atoms with Crippen LogP contribution in [0.15, 0.2) is 23.8 Å². The Bertz CT molecular complexity index is 130. The van der Waals surface area contributed by atoms with Crippen molar-refractivity contribution in [2.45, 2.75) is 13.3 Å². The van der Waals surface area contributed by atoms with Crippen LogP contribution in [0.25, 0.3) is 0 Å². The van der Waals surface area contributed by atoms with E-state index in [1.807, 2.05) is 0 Å². The average molecular weight is 255 g/mol. The molecule has 0 aromatic heterocycles. The van der Waals surface area contributed by atoms with E-state index < -0.39 is 20.8 Å². The zero-order valence-corrected chi connectivity index (χ0v) is 9.74. The second-order valence-corrected chi connectivity index (χ2v) is 5.45. The maximum atomic E-state index is 4.93. The van der Waals surface area contributed by atoms with Gasteiger partial charge in [0.05, 0.1) is 0 Å². The molecule has 1 radical (unpaired) electrons. The first-order valence-corrected chi connectivity index (χ1v) is 9.35. The van der Waals surface area contributed by atoms with Crippen molar-refractivity contribution >= 4 is 17.0 Å². The standard InChI is InChI=1S/C7H9.2ClH.Zr/c1-2-7-5-3-4-6-7;;;/h3-6H,2H2,1H3;2*1H;/q;;;+2/p-2. The van der Waals surface area contributed by atoms with Crippen molar-refractivity contribution in [2.24, 2.45) is 0 Å². The summed E-state index contributed by atoms with van der Waals surface area (Å²) in [6.07, 6.45) is 9.57. The predicted octanol–water partition coefficient (Wildman–Crippen LogP) is 3.47. The van der Waals surface area contributed by atoms with Crippen molar-refractivity contribution < 1.29 is 20.8 Å². The molecule has 0 N–H and O–H groups in total. The molecule has 0 atom stereocenters. The molecule has 0 bridgehead atoms. The number of hydrogen-bond acceptors (Lipinski definition) is 0. The quantitative estimate of drug-likeness (QED) is 0.673. The van der Waals surface area contributed by atoms with Gasteiger partial charge < -0.3 is 0 Å². The van der Waals surface area contributed by atoms with E-state index in [-0.39, 0.29) is 0 Å².